The third-order valence-corrected chi connectivity index (χ3v) is 5.53. The highest BCUT2D eigenvalue weighted by Crippen LogP contribution is 2.29. The standard InChI is InChI=1S/C18H19ClN4O3S/c1-2-20-18(22-27(25,26)16-5-3-4-14(19)12-16)23-17(10-11-21-23)13-6-8-15(24)9-7-13/h3-9,11-12,17,24H,2,10H2,1H3,(H,20,22). The van der Waals surface area contributed by atoms with Crippen LogP contribution in [0.2, 0.25) is 5.02 Å². The van der Waals surface area contributed by atoms with Crippen LogP contribution in [0.1, 0.15) is 24.9 Å². The Morgan fingerprint density at radius 3 is 2.74 bits per heavy atom. The summed E-state index contributed by atoms with van der Waals surface area (Å²) in [5.74, 6) is 0.289. The minimum absolute atomic E-state index is 0.0446. The van der Waals surface area contributed by atoms with Gasteiger partial charge in [0.25, 0.3) is 10.0 Å². The first-order valence-electron chi connectivity index (χ1n) is 8.34. The average Bonchev–Trinajstić information content (AvgIpc) is 3.11. The average molecular weight is 407 g/mol. The van der Waals surface area contributed by atoms with E-state index >= 15 is 0 Å². The molecule has 1 unspecified atom stereocenters. The van der Waals surface area contributed by atoms with Crippen molar-refractivity contribution in [3.8, 4) is 5.75 Å². The Labute approximate surface area is 163 Å². The van der Waals surface area contributed by atoms with Crippen LogP contribution in [0.25, 0.3) is 0 Å². The van der Waals surface area contributed by atoms with Gasteiger partial charge in [0.15, 0.2) is 0 Å². The van der Waals surface area contributed by atoms with Crippen LogP contribution >= 0.6 is 11.6 Å². The number of nitrogens with one attached hydrogen (secondary N) is 1. The van der Waals surface area contributed by atoms with Gasteiger partial charge in [-0.25, -0.2) is 18.1 Å². The predicted molar refractivity (Wildman–Crippen MR) is 106 cm³/mol. The van der Waals surface area contributed by atoms with E-state index in [9.17, 15) is 13.5 Å². The fourth-order valence-electron chi connectivity index (χ4n) is 2.71. The van der Waals surface area contributed by atoms with E-state index in [1.165, 1.54) is 17.1 Å². The highest BCUT2D eigenvalue weighted by atomic mass is 35.5. The van der Waals surface area contributed by atoms with E-state index in [-0.39, 0.29) is 22.6 Å². The summed E-state index contributed by atoms with van der Waals surface area (Å²) in [6, 6.07) is 12.5. The fourth-order valence-corrected chi connectivity index (χ4v) is 4.02. The summed E-state index contributed by atoms with van der Waals surface area (Å²) >= 11 is 5.91. The first kappa shape index (κ1) is 19.2. The number of phenolic OH excluding ortho intramolecular Hbond substituents is 1. The van der Waals surface area contributed by atoms with Crippen molar-refractivity contribution in [3.63, 3.8) is 0 Å². The third kappa shape index (κ3) is 4.40. The third-order valence-electron chi connectivity index (χ3n) is 3.96. The predicted octanol–water partition coefficient (Wildman–Crippen LogP) is 3.13. The Morgan fingerprint density at radius 2 is 2.07 bits per heavy atom. The summed E-state index contributed by atoms with van der Waals surface area (Å²) in [4.78, 5) is 4.33. The molecule has 2 N–H and O–H groups in total. The van der Waals surface area contributed by atoms with Crippen molar-refractivity contribution in [1.29, 1.82) is 0 Å². The molecule has 0 saturated heterocycles. The maximum Gasteiger partial charge on any atom is 0.264 e. The molecular formula is C18H19ClN4O3S. The number of guanidine groups is 1. The number of hydrogen-bond acceptors (Lipinski definition) is 5. The van der Waals surface area contributed by atoms with Crippen molar-refractivity contribution in [2.24, 2.45) is 10.1 Å². The van der Waals surface area contributed by atoms with Gasteiger partial charge in [0, 0.05) is 24.2 Å². The number of phenols is 1. The van der Waals surface area contributed by atoms with Crippen molar-refractivity contribution in [2.45, 2.75) is 24.3 Å². The van der Waals surface area contributed by atoms with Gasteiger partial charge < -0.3 is 5.11 Å². The maximum atomic E-state index is 12.8. The number of aromatic hydroxyl groups is 1. The van der Waals surface area contributed by atoms with E-state index in [1.807, 2.05) is 6.92 Å². The van der Waals surface area contributed by atoms with Gasteiger partial charge in [-0.3, -0.25) is 4.99 Å². The second kappa shape index (κ2) is 7.98. The molecule has 9 heteroatoms. The van der Waals surface area contributed by atoms with E-state index in [2.05, 4.69) is 14.8 Å². The molecule has 7 nitrogen and oxygen atoms in total. The largest absolute Gasteiger partial charge is 0.508 e. The summed E-state index contributed by atoms with van der Waals surface area (Å²) in [5, 5.41) is 15.6. The lowest BCUT2D eigenvalue weighted by Gasteiger charge is -2.25. The van der Waals surface area contributed by atoms with Gasteiger partial charge in [0.05, 0.1) is 10.9 Å². The Balaban J connectivity index is 1.90. The minimum Gasteiger partial charge on any atom is -0.508 e. The molecule has 0 saturated carbocycles. The number of nitrogens with zero attached hydrogens (tertiary/aromatic N) is 3. The van der Waals surface area contributed by atoms with E-state index in [1.54, 1.807) is 42.6 Å². The first-order valence-corrected chi connectivity index (χ1v) is 10.2. The smallest absolute Gasteiger partial charge is 0.264 e. The van der Waals surface area contributed by atoms with Crippen LogP contribution in [0.15, 0.2) is 63.5 Å². The summed E-state index contributed by atoms with van der Waals surface area (Å²) < 4.78 is 28.0. The van der Waals surface area contributed by atoms with Gasteiger partial charge in [-0.1, -0.05) is 29.8 Å². The molecule has 0 fully saturated rings. The Bertz CT molecular complexity index is 974. The van der Waals surface area contributed by atoms with Gasteiger partial charge >= 0.3 is 0 Å². The van der Waals surface area contributed by atoms with Crippen LogP contribution in [0.5, 0.6) is 5.75 Å². The highest BCUT2D eigenvalue weighted by Gasteiger charge is 2.29. The summed E-state index contributed by atoms with van der Waals surface area (Å²) in [6.07, 6.45) is 2.29. The number of halogens is 1. The molecule has 142 valence electrons. The van der Waals surface area contributed by atoms with Crippen molar-refractivity contribution in [3.05, 3.63) is 59.1 Å². The second-order valence-corrected chi connectivity index (χ2v) is 7.97. The van der Waals surface area contributed by atoms with Crippen LogP contribution < -0.4 is 4.72 Å². The molecule has 0 aromatic heterocycles. The molecule has 1 heterocycles. The topological polar surface area (TPSA) is 94.4 Å². The molecule has 0 amide bonds. The Kier molecular flexibility index (Phi) is 5.67. The molecule has 1 atom stereocenters. The molecule has 1 aliphatic heterocycles. The van der Waals surface area contributed by atoms with Crippen LogP contribution in [-0.2, 0) is 10.0 Å². The maximum absolute atomic E-state index is 12.8. The van der Waals surface area contributed by atoms with Gasteiger partial charge in [-0.2, -0.15) is 5.10 Å². The highest BCUT2D eigenvalue weighted by molar-refractivity contribution is 7.90. The van der Waals surface area contributed by atoms with E-state index in [0.29, 0.717) is 18.0 Å². The Hall–Kier alpha value is -2.58. The molecule has 27 heavy (non-hydrogen) atoms. The van der Waals surface area contributed by atoms with Gasteiger partial charge in [0.1, 0.15) is 5.75 Å². The molecule has 2 aromatic rings. The first-order chi connectivity index (χ1) is 12.9. The lowest BCUT2D eigenvalue weighted by atomic mass is 10.0. The molecule has 0 radical (unpaired) electrons. The number of benzene rings is 2. The lowest BCUT2D eigenvalue weighted by Crippen LogP contribution is -2.42. The zero-order valence-corrected chi connectivity index (χ0v) is 16.2. The van der Waals surface area contributed by atoms with E-state index < -0.39 is 10.0 Å². The molecule has 0 spiro atoms. The van der Waals surface area contributed by atoms with Crippen molar-refractivity contribution < 1.29 is 13.5 Å². The number of hydrazone groups is 1. The molecule has 2 aromatic carbocycles. The van der Waals surface area contributed by atoms with Crippen molar-refractivity contribution >= 4 is 33.8 Å². The number of hydrogen-bond donors (Lipinski definition) is 2. The van der Waals surface area contributed by atoms with Gasteiger partial charge in [-0.05, 0) is 42.8 Å². The van der Waals surface area contributed by atoms with Crippen molar-refractivity contribution in [1.82, 2.24) is 9.73 Å². The second-order valence-electron chi connectivity index (χ2n) is 5.85. The quantitative estimate of drug-likeness (QED) is 0.602. The normalized spacial score (nSPS) is 17.3. The van der Waals surface area contributed by atoms with Crippen LogP contribution in [0.4, 0.5) is 0 Å². The van der Waals surface area contributed by atoms with Gasteiger partial charge in [0.2, 0.25) is 5.96 Å². The summed E-state index contributed by atoms with van der Waals surface area (Å²) in [7, 11) is -3.87. The monoisotopic (exact) mass is 406 g/mol. The van der Waals surface area contributed by atoms with Crippen LogP contribution in [0.3, 0.4) is 0 Å². The van der Waals surface area contributed by atoms with E-state index in [0.717, 1.165) is 5.56 Å². The fraction of sp³-hybridized carbons (Fsp3) is 0.222. The van der Waals surface area contributed by atoms with Crippen LogP contribution in [0, 0.1) is 0 Å². The minimum atomic E-state index is -3.87. The molecule has 3 rings (SSSR count). The Morgan fingerprint density at radius 1 is 1.33 bits per heavy atom. The molecule has 1 aliphatic rings. The zero-order chi connectivity index (χ0) is 19.4. The SMILES string of the molecule is CCN=C(NS(=O)(=O)c1cccc(Cl)c1)N1N=CCC1c1ccc(O)cc1. The molecular weight excluding hydrogens is 388 g/mol. The zero-order valence-electron chi connectivity index (χ0n) is 14.6. The molecule has 0 aliphatic carbocycles. The van der Waals surface area contributed by atoms with Gasteiger partial charge in [-0.15, -0.1) is 0 Å². The van der Waals surface area contributed by atoms with Crippen molar-refractivity contribution in [2.75, 3.05) is 6.54 Å². The summed E-state index contributed by atoms with van der Waals surface area (Å²) in [5.41, 5.74) is 0.885. The summed E-state index contributed by atoms with van der Waals surface area (Å²) in [6.45, 7) is 2.19. The lowest BCUT2D eigenvalue weighted by molar-refractivity contribution is 0.360. The van der Waals surface area contributed by atoms with E-state index in [4.69, 9.17) is 11.6 Å². The van der Waals surface area contributed by atoms with Crippen LogP contribution in [-0.4, -0.2) is 37.3 Å². The number of sulfonamides is 1. The number of rotatable bonds is 4. The number of aliphatic imine (C=N–C) groups is 1. The molecule has 0 bridgehead atoms.